The fourth-order valence-corrected chi connectivity index (χ4v) is 1.95. The largest absolute Gasteiger partial charge is 0.469 e. The zero-order chi connectivity index (χ0) is 17.1. The molecule has 0 aliphatic rings. The van der Waals surface area contributed by atoms with Gasteiger partial charge in [0.25, 0.3) is 0 Å². The highest BCUT2D eigenvalue weighted by Crippen LogP contribution is 2.09. The third kappa shape index (κ3) is 7.63. The molecule has 5 nitrogen and oxygen atoms in total. The summed E-state index contributed by atoms with van der Waals surface area (Å²) in [6, 6.07) is 5.15. The minimum Gasteiger partial charge on any atom is -0.469 e. The summed E-state index contributed by atoms with van der Waals surface area (Å²) in [6.07, 6.45) is 2.04. The van der Waals surface area contributed by atoms with E-state index in [-0.39, 0.29) is 11.8 Å². The number of guanidine groups is 1. The number of nitrogens with zero attached hydrogens (tertiary/aromatic N) is 1. The number of carbonyl (C=O) groups excluding carboxylic acids is 1. The van der Waals surface area contributed by atoms with E-state index in [4.69, 9.17) is 0 Å². The predicted molar refractivity (Wildman–Crippen MR) is 89.8 cm³/mol. The summed E-state index contributed by atoms with van der Waals surface area (Å²) in [4.78, 5) is 15.5. The number of hydrogen-bond donors (Lipinski definition) is 2. The first-order valence-electron chi connectivity index (χ1n) is 7.90. The maximum absolute atomic E-state index is 13.5. The van der Waals surface area contributed by atoms with Crippen molar-refractivity contribution in [2.45, 2.75) is 39.7 Å². The Labute approximate surface area is 137 Å². The molecule has 0 aromatic heterocycles. The van der Waals surface area contributed by atoms with Gasteiger partial charge in [-0.3, -0.25) is 4.79 Å². The van der Waals surface area contributed by atoms with Crippen LogP contribution in [0.4, 0.5) is 4.39 Å². The number of hydrogen-bond acceptors (Lipinski definition) is 3. The number of halogens is 1. The van der Waals surface area contributed by atoms with E-state index in [9.17, 15) is 9.18 Å². The highest BCUT2D eigenvalue weighted by atomic mass is 19.1. The lowest BCUT2D eigenvalue weighted by molar-refractivity contribution is -0.140. The Balaban J connectivity index is 2.43. The van der Waals surface area contributed by atoms with Gasteiger partial charge in [-0.2, -0.15) is 0 Å². The number of rotatable bonds is 8. The minimum absolute atomic E-state index is 0.188. The van der Waals surface area contributed by atoms with Crippen LogP contribution in [0.2, 0.25) is 0 Å². The molecule has 0 heterocycles. The third-order valence-electron chi connectivity index (χ3n) is 3.33. The fourth-order valence-electron chi connectivity index (χ4n) is 1.95. The number of esters is 1. The molecule has 0 atom stereocenters. The Bertz CT molecular complexity index is 533. The van der Waals surface area contributed by atoms with Gasteiger partial charge < -0.3 is 15.4 Å². The molecule has 0 amide bonds. The smallest absolute Gasteiger partial charge is 0.305 e. The zero-order valence-corrected chi connectivity index (χ0v) is 14.1. The molecule has 0 spiro atoms. The number of ether oxygens (including phenoxy) is 1. The third-order valence-corrected chi connectivity index (χ3v) is 3.33. The second kappa shape index (κ2) is 10.6. The van der Waals surface area contributed by atoms with Crippen LogP contribution >= 0.6 is 0 Å². The van der Waals surface area contributed by atoms with Crippen LogP contribution in [0, 0.1) is 12.7 Å². The average molecular weight is 323 g/mol. The van der Waals surface area contributed by atoms with E-state index in [1.54, 1.807) is 13.0 Å². The molecular weight excluding hydrogens is 297 g/mol. The molecule has 0 aliphatic heterocycles. The van der Waals surface area contributed by atoms with Gasteiger partial charge in [-0.15, -0.1) is 0 Å². The van der Waals surface area contributed by atoms with Crippen LogP contribution in [-0.4, -0.2) is 32.1 Å². The van der Waals surface area contributed by atoms with E-state index in [0.717, 1.165) is 24.9 Å². The SMILES string of the molecule is CCNC(=NCc1ccc(C)c(F)c1)NCCCCC(=O)OC. The number of benzene rings is 1. The highest BCUT2D eigenvalue weighted by molar-refractivity contribution is 5.79. The lowest BCUT2D eigenvalue weighted by atomic mass is 10.1. The van der Waals surface area contributed by atoms with E-state index in [1.807, 2.05) is 13.0 Å². The lowest BCUT2D eigenvalue weighted by Gasteiger charge is -2.11. The van der Waals surface area contributed by atoms with Crippen LogP contribution < -0.4 is 10.6 Å². The molecule has 1 aromatic carbocycles. The standard InChI is InChI=1S/C17H26FN3O2/c1-4-19-17(20-10-6-5-7-16(22)23-3)21-12-14-9-8-13(2)15(18)11-14/h8-9,11H,4-7,10,12H2,1-3H3,(H2,19,20,21). The molecular formula is C17H26FN3O2. The van der Waals surface area contributed by atoms with E-state index in [0.29, 0.717) is 31.0 Å². The molecule has 128 valence electrons. The van der Waals surface area contributed by atoms with Gasteiger partial charge in [0.2, 0.25) is 0 Å². The minimum atomic E-state index is -0.210. The van der Waals surface area contributed by atoms with E-state index in [1.165, 1.54) is 13.2 Å². The fraction of sp³-hybridized carbons (Fsp3) is 0.529. The summed E-state index contributed by atoms with van der Waals surface area (Å²) in [5.41, 5.74) is 1.46. The Hall–Kier alpha value is -2.11. The maximum atomic E-state index is 13.5. The number of nitrogens with one attached hydrogen (secondary N) is 2. The first-order chi connectivity index (χ1) is 11.1. The van der Waals surface area contributed by atoms with Crippen molar-refractivity contribution in [1.82, 2.24) is 10.6 Å². The van der Waals surface area contributed by atoms with Crippen LogP contribution in [0.25, 0.3) is 0 Å². The van der Waals surface area contributed by atoms with E-state index >= 15 is 0 Å². The first-order valence-corrected chi connectivity index (χ1v) is 7.90. The molecule has 2 N–H and O–H groups in total. The lowest BCUT2D eigenvalue weighted by Crippen LogP contribution is -2.37. The molecule has 0 saturated heterocycles. The van der Waals surface area contributed by atoms with Crippen molar-refractivity contribution in [2.75, 3.05) is 20.2 Å². The quantitative estimate of drug-likeness (QED) is 0.334. The van der Waals surface area contributed by atoms with Crippen LogP contribution in [0.3, 0.4) is 0 Å². The molecule has 23 heavy (non-hydrogen) atoms. The van der Waals surface area contributed by atoms with Crippen molar-refractivity contribution < 1.29 is 13.9 Å². The Morgan fingerprint density at radius 1 is 1.30 bits per heavy atom. The zero-order valence-electron chi connectivity index (χ0n) is 14.1. The van der Waals surface area contributed by atoms with Crippen molar-refractivity contribution in [3.05, 3.63) is 35.1 Å². The molecule has 6 heteroatoms. The summed E-state index contributed by atoms with van der Waals surface area (Å²) in [5, 5.41) is 6.34. The van der Waals surface area contributed by atoms with Crippen molar-refractivity contribution in [2.24, 2.45) is 4.99 Å². The highest BCUT2D eigenvalue weighted by Gasteiger charge is 2.02. The predicted octanol–water partition coefficient (Wildman–Crippen LogP) is 2.53. The Kier molecular flexibility index (Phi) is 8.72. The van der Waals surface area contributed by atoms with Crippen LogP contribution in [0.1, 0.15) is 37.3 Å². The van der Waals surface area contributed by atoms with Gasteiger partial charge in [-0.05, 0) is 43.9 Å². The second-order valence-electron chi connectivity index (χ2n) is 5.24. The van der Waals surface area contributed by atoms with Gasteiger partial charge in [-0.25, -0.2) is 9.38 Å². The number of aryl methyl sites for hydroxylation is 1. The summed E-state index contributed by atoms with van der Waals surface area (Å²) in [6.45, 7) is 5.60. The van der Waals surface area contributed by atoms with Crippen molar-refractivity contribution in [3.63, 3.8) is 0 Å². The van der Waals surface area contributed by atoms with Crippen LogP contribution in [0.5, 0.6) is 0 Å². The number of unbranched alkanes of at least 4 members (excludes halogenated alkanes) is 1. The van der Waals surface area contributed by atoms with Crippen molar-refractivity contribution in [3.8, 4) is 0 Å². The van der Waals surface area contributed by atoms with Crippen molar-refractivity contribution >= 4 is 11.9 Å². The summed E-state index contributed by atoms with van der Waals surface area (Å²) in [5.74, 6) is 0.289. The molecule has 1 rings (SSSR count). The number of aliphatic imine (C=N–C) groups is 1. The van der Waals surface area contributed by atoms with Gasteiger partial charge in [0, 0.05) is 19.5 Å². The van der Waals surface area contributed by atoms with Crippen molar-refractivity contribution in [1.29, 1.82) is 0 Å². The number of methoxy groups -OCH3 is 1. The van der Waals surface area contributed by atoms with E-state index < -0.39 is 0 Å². The van der Waals surface area contributed by atoms with Gasteiger partial charge in [-0.1, -0.05) is 12.1 Å². The second-order valence-corrected chi connectivity index (χ2v) is 5.24. The summed E-state index contributed by atoms with van der Waals surface area (Å²) >= 11 is 0. The van der Waals surface area contributed by atoms with Crippen LogP contribution in [0.15, 0.2) is 23.2 Å². The molecule has 0 bridgehead atoms. The van der Waals surface area contributed by atoms with Gasteiger partial charge in [0.1, 0.15) is 5.82 Å². The number of carbonyl (C=O) groups is 1. The topological polar surface area (TPSA) is 62.7 Å². The molecule has 0 saturated carbocycles. The van der Waals surface area contributed by atoms with Gasteiger partial charge >= 0.3 is 5.97 Å². The van der Waals surface area contributed by atoms with E-state index in [2.05, 4.69) is 20.4 Å². The summed E-state index contributed by atoms with van der Waals surface area (Å²) < 4.78 is 18.1. The monoisotopic (exact) mass is 323 g/mol. The molecule has 1 aromatic rings. The molecule has 0 fully saturated rings. The van der Waals surface area contributed by atoms with Gasteiger partial charge in [0.05, 0.1) is 13.7 Å². The molecule has 0 unspecified atom stereocenters. The molecule has 0 radical (unpaired) electrons. The average Bonchev–Trinajstić information content (AvgIpc) is 2.54. The van der Waals surface area contributed by atoms with Crippen LogP contribution in [-0.2, 0) is 16.1 Å². The Morgan fingerprint density at radius 2 is 2.09 bits per heavy atom. The summed E-state index contributed by atoms with van der Waals surface area (Å²) in [7, 11) is 1.39. The first kappa shape index (κ1) is 18.9. The molecule has 0 aliphatic carbocycles. The maximum Gasteiger partial charge on any atom is 0.305 e. The normalized spacial score (nSPS) is 11.2. The van der Waals surface area contributed by atoms with Gasteiger partial charge in [0.15, 0.2) is 5.96 Å². The Morgan fingerprint density at radius 3 is 2.74 bits per heavy atom.